The van der Waals surface area contributed by atoms with Gasteiger partial charge in [0.15, 0.2) is 23.2 Å². The molecule has 4 heteroatoms. The van der Waals surface area contributed by atoms with Gasteiger partial charge in [0, 0.05) is 11.1 Å². The summed E-state index contributed by atoms with van der Waals surface area (Å²) in [6.45, 7) is 4.52. The van der Waals surface area contributed by atoms with Crippen LogP contribution in [0.25, 0.3) is 11.1 Å². The highest BCUT2D eigenvalue weighted by Gasteiger charge is 2.48. The molecule has 3 aliphatic rings. The quantitative estimate of drug-likeness (QED) is 0.544. The molecule has 0 fully saturated rings. The average molecular weight is 283 g/mol. The Kier molecular flexibility index (Phi) is 2.06. The Morgan fingerprint density at radius 1 is 1.19 bits per heavy atom. The summed E-state index contributed by atoms with van der Waals surface area (Å²) in [5, 5.41) is 0. The van der Waals surface area contributed by atoms with E-state index in [1.165, 1.54) is 30.4 Å². The molecular formula is C17H17NO3. The lowest BCUT2D eigenvalue weighted by Crippen LogP contribution is -2.28. The summed E-state index contributed by atoms with van der Waals surface area (Å²) < 4.78 is 11.3. The Labute approximate surface area is 122 Å². The number of ether oxygens (including phenoxy) is 1. The Balaban J connectivity index is 1.97. The molecule has 1 aromatic heterocycles. The molecule has 0 radical (unpaired) electrons. The zero-order valence-electron chi connectivity index (χ0n) is 12.2. The van der Waals surface area contributed by atoms with Gasteiger partial charge in [-0.3, -0.25) is 4.79 Å². The van der Waals surface area contributed by atoms with Gasteiger partial charge in [0.2, 0.25) is 0 Å². The van der Waals surface area contributed by atoms with Crippen molar-refractivity contribution in [3.63, 3.8) is 0 Å². The minimum Gasteiger partial charge on any atom is -0.443 e. The van der Waals surface area contributed by atoms with Gasteiger partial charge >= 0.3 is 5.97 Å². The van der Waals surface area contributed by atoms with Crippen molar-refractivity contribution in [2.45, 2.75) is 50.9 Å². The molecule has 0 bridgehead atoms. The highest BCUT2D eigenvalue weighted by molar-refractivity contribution is 5.97. The summed E-state index contributed by atoms with van der Waals surface area (Å²) >= 11 is 0. The molecule has 5 rings (SSSR count). The number of hydrogen-bond acceptors (Lipinski definition) is 4. The molecule has 2 aliphatic carbocycles. The molecule has 4 nitrogen and oxygen atoms in total. The maximum Gasteiger partial charge on any atom is 0.319 e. The van der Waals surface area contributed by atoms with E-state index in [-0.39, 0.29) is 11.9 Å². The third-order valence-electron chi connectivity index (χ3n) is 5.76. The van der Waals surface area contributed by atoms with Crippen molar-refractivity contribution in [1.29, 1.82) is 0 Å². The molecular weight excluding hydrogens is 266 g/mol. The zero-order valence-corrected chi connectivity index (χ0v) is 12.2. The Bertz CT molecular complexity index is 791. The molecule has 0 amide bonds. The van der Waals surface area contributed by atoms with Crippen LogP contribution in [0.15, 0.2) is 10.8 Å². The summed E-state index contributed by atoms with van der Waals surface area (Å²) in [5.74, 6) is 1.99. The first-order valence-corrected chi connectivity index (χ1v) is 7.81. The van der Waals surface area contributed by atoms with Crippen LogP contribution < -0.4 is 4.74 Å². The van der Waals surface area contributed by atoms with E-state index in [4.69, 9.17) is 9.15 Å². The fourth-order valence-electron chi connectivity index (χ4n) is 4.78. The minimum absolute atomic E-state index is 0.0913. The van der Waals surface area contributed by atoms with Crippen molar-refractivity contribution in [1.82, 2.24) is 4.98 Å². The molecule has 108 valence electrons. The lowest BCUT2D eigenvalue weighted by Gasteiger charge is -2.39. The van der Waals surface area contributed by atoms with E-state index >= 15 is 0 Å². The first-order chi connectivity index (χ1) is 10.2. The van der Waals surface area contributed by atoms with Gasteiger partial charge in [-0.05, 0) is 42.6 Å². The van der Waals surface area contributed by atoms with Crippen LogP contribution in [0.3, 0.4) is 0 Å². The SMILES string of the molecule is C[C@H]1CCC2c3c4c(c5ncoc5c31)OC(=O)[C@@H]4C[C@@H]2C. The van der Waals surface area contributed by atoms with E-state index < -0.39 is 0 Å². The largest absolute Gasteiger partial charge is 0.443 e. The number of nitrogens with zero attached hydrogens (tertiary/aromatic N) is 1. The fraction of sp³-hybridized carbons (Fsp3) is 0.529. The molecule has 0 N–H and O–H groups in total. The summed E-state index contributed by atoms with van der Waals surface area (Å²) in [6, 6.07) is 0. The molecule has 1 unspecified atom stereocenters. The van der Waals surface area contributed by atoms with E-state index in [1.54, 1.807) is 0 Å². The van der Waals surface area contributed by atoms with Gasteiger partial charge in [0.1, 0.15) is 0 Å². The van der Waals surface area contributed by atoms with Crippen LogP contribution in [0, 0.1) is 5.92 Å². The second-order valence-corrected chi connectivity index (χ2v) is 6.87. The lowest BCUT2D eigenvalue weighted by molar-refractivity contribution is -0.134. The Morgan fingerprint density at radius 2 is 2.05 bits per heavy atom. The van der Waals surface area contributed by atoms with E-state index in [9.17, 15) is 4.79 Å². The monoisotopic (exact) mass is 283 g/mol. The fourth-order valence-corrected chi connectivity index (χ4v) is 4.78. The third kappa shape index (κ3) is 1.27. The second-order valence-electron chi connectivity index (χ2n) is 6.87. The topological polar surface area (TPSA) is 52.3 Å². The van der Waals surface area contributed by atoms with E-state index in [0.29, 0.717) is 23.5 Å². The first-order valence-electron chi connectivity index (χ1n) is 7.81. The predicted molar refractivity (Wildman–Crippen MR) is 76.6 cm³/mol. The second kappa shape index (κ2) is 3.67. The van der Waals surface area contributed by atoms with Gasteiger partial charge in [0.25, 0.3) is 0 Å². The van der Waals surface area contributed by atoms with E-state index in [2.05, 4.69) is 18.8 Å². The van der Waals surface area contributed by atoms with Crippen LogP contribution >= 0.6 is 0 Å². The maximum absolute atomic E-state index is 12.3. The van der Waals surface area contributed by atoms with Crippen LogP contribution in [0.2, 0.25) is 0 Å². The molecule has 4 atom stereocenters. The van der Waals surface area contributed by atoms with Gasteiger partial charge in [-0.2, -0.15) is 0 Å². The van der Waals surface area contributed by atoms with Gasteiger partial charge < -0.3 is 9.15 Å². The Hall–Kier alpha value is -1.84. The molecule has 1 aromatic carbocycles. The molecule has 0 saturated heterocycles. The number of carbonyl (C=O) groups is 1. The summed E-state index contributed by atoms with van der Waals surface area (Å²) in [6.07, 6.45) is 4.75. The lowest BCUT2D eigenvalue weighted by atomic mass is 9.63. The molecule has 2 aromatic rings. The number of aromatic nitrogens is 1. The smallest absolute Gasteiger partial charge is 0.319 e. The molecule has 0 spiro atoms. The van der Waals surface area contributed by atoms with E-state index in [1.807, 2.05) is 0 Å². The normalized spacial score (nSPS) is 33.1. The number of carbonyl (C=O) groups excluding carboxylic acids is 1. The van der Waals surface area contributed by atoms with Crippen molar-refractivity contribution in [2.24, 2.45) is 5.92 Å². The Morgan fingerprint density at radius 3 is 2.90 bits per heavy atom. The molecule has 0 saturated carbocycles. The van der Waals surface area contributed by atoms with Crippen molar-refractivity contribution in [3.8, 4) is 5.75 Å². The van der Waals surface area contributed by atoms with Crippen LogP contribution in [0.5, 0.6) is 5.75 Å². The van der Waals surface area contributed by atoms with Crippen molar-refractivity contribution in [3.05, 3.63) is 23.1 Å². The standard InChI is InChI=1S/C17H17NO3/c1-7-3-4-9-8(2)5-10-13-12(9)11(7)15-14(18-6-20-15)16(13)21-17(10)19/h6-10H,3-5H2,1-2H3/t7-,8-,9?,10+/m0/s1. The van der Waals surface area contributed by atoms with Gasteiger partial charge in [-0.1, -0.05) is 13.8 Å². The average Bonchev–Trinajstić information content (AvgIpc) is 3.05. The van der Waals surface area contributed by atoms with Gasteiger partial charge in [-0.15, -0.1) is 0 Å². The molecule has 1 aliphatic heterocycles. The van der Waals surface area contributed by atoms with Crippen molar-refractivity contribution >= 4 is 17.1 Å². The zero-order chi connectivity index (χ0) is 14.3. The number of fused-ring (bicyclic) bond motifs is 3. The van der Waals surface area contributed by atoms with Crippen molar-refractivity contribution in [2.75, 3.05) is 0 Å². The van der Waals surface area contributed by atoms with Gasteiger partial charge in [0.05, 0.1) is 5.92 Å². The third-order valence-corrected chi connectivity index (χ3v) is 5.76. The van der Waals surface area contributed by atoms with Crippen LogP contribution in [-0.2, 0) is 4.79 Å². The highest BCUT2D eigenvalue weighted by atomic mass is 16.5. The highest BCUT2D eigenvalue weighted by Crippen LogP contribution is 2.58. The summed E-state index contributed by atoms with van der Waals surface area (Å²) in [7, 11) is 0. The first kappa shape index (κ1) is 11.8. The molecule has 2 heterocycles. The number of oxazole rings is 1. The van der Waals surface area contributed by atoms with Crippen LogP contribution in [-0.4, -0.2) is 11.0 Å². The number of benzene rings is 1. The number of rotatable bonds is 0. The van der Waals surface area contributed by atoms with E-state index in [0.717, 1.165) is 23.1 Å². The predicted octanol–water partition coefficient (Wildman–Crippen LogP) is 3.85. The van der Waals surface area contributed by atoms with Crippen LogP contribution in [0.4, 0.5) is 0 Å². The number of esters is 1. The maximum atomic E-state index is 12.3. The molecule has 21 heavy (non-hydrogen) atoms. The minimum atomic E-state index is -0.105. The van der Waals surface area contributed by atoms with Crippen molar-refractivity contribution < 1.29 is 13.9 Å². The van der Waals surface area contributed by atoms with Gasteiger partial charge in [-0.25, -0.2) is 4.98 Å². The number of hydrogen-bond donors (Lipinski definition) is 0. The summed E-state index contributed by atoms with van der Waals surface area (Å²) in [4.78, 5) is 16.6. The van der Waals surface area contributed by atoms with Crippen LogP contribution in [0.1, 0.15) is 67.6 Å². The summed E-state index contributed by atoms with van der Waals surface area (Å²) in [5.41, 5.74) is 5.34.